The molecule has 2 aromatic heterocycles. The van der Waals surface area contributed by atoms with Crippen molar-refractivity contribution in [1.29, 1.82) is 0 Å². The third kappa shape index (κ3) is 7.95. The second-order valence-electron chi connectivity index (χ2n) is 12.9. The lowest BCUT2D eigenvalue weighted by Crippen LogP contribution is -2.32. The minimum atomic E-state index is -5.16. The maximum atomic E-state index is 15.4. The van der Waals surface area contributed by atoms with Crippen molar-refractivity contribution >= 4 is 20.9 Å². The van der Waals surface area contributed by atoms with Crippen LogP contribution in [0.2, 0.25) is 0 Å². The van der Waals surface area contributed by atoms with Crippen molar-refractivity contribution in [2.75, 3.05) is 21.3 Å². The molecule has 57 heavy (non-hydrogen) atoms. The Kier molecular flexibility index (Phi) is 10.8. The molecular weight excluding hydrogens is 762 g/mol. The van der Waals surface area contributed by atoms with E-state index in [1.165, 1.54) is 44.3 Å². The number of hydrogen-bond donors (Lipinski definition) is 0. The van der Waals surface area contributed by atoms with Crippen molar-refractivity contribution in [2.45, 2.75) is 30.7 Å². The third-order valence-electron chi connectivity index (χ3n) is 9.44. The largest absolute Gasteiger partial charge is 0.618 e. The van der Waals surface area contributed by atoms with Crippen LogP contribution in [0.25, 0.3) is 33.4 Å². The molecule has 16 heteroatoms. The zero-order valence-corrected chi connectivity index (χ0v) is 31.7. The minimum absolute atomic E-state index is 0.0426. The van der Waals surface area contributed by atoms with Gasteiger partial charge in [-0.15, -0.1) is 5.10 Å². The molecule has 0 aliphatic carbocycles. The number of alkyl halides is 3. The molecule has 292 valence electrons. The van der Waals surface area contributed by atoms with Crippen LogP contribution in [0.4, 0.5) is 13.2 Å². The summed E-state index contributed by atoms with van der Waals surface area (Å²) in [6, 6.07) is 29.8. The van der Waals surface area contributed by atoms with Crippen LogP contribution in [0, 0.1) is 5.21 Å². The zero-order chi connectivity index (χ0) is 40.3. The number of nitrogens with zero attached hydrogens (tertiary/aromatic N) is 6. The molecule has 0 amide bonds. The molecule has 0 saturated carbocycles. The summed E-state index contributed by atoms with van der Waals surface area (Å²) in [5.41, 5.74) is 0.353. The Balaban J connectivity index is 1.52. The standard InChI is InChI=1S/C41H35F3N6O6S/c1-54-30-15-9-27(10-16-30)24-48(25-28-11-17-31(55-2)18-12-28)57(52,53)39-36(41(42,43)44)22-21-35(33-6-4-8-37-34(33)7-5-23-50(37)51)38(39)40-45-46-47-49(40)26-29-13-19-32(56-3)20-14-29/h4-23H,24-26H2,1-3H3. The highest BCUT2D eigenvalue weighted by atomic mass is 32.2. The van der Waals surface area contributed by atoms with Gasteiger partial charge < -0.3 is 19.4 Å². The van der Waals surface area contributed by atoms with Crippen LogP contribution in [0.5, 0.6) is 17.2 Å². The van der Waals surface area contributed by atoms with E-state index < -0.39 is 32.2 Å². The van der Waals surface area contributed by atoms with Gasteiger partial charge in [0.1, 0.15) is 22.1 Å². The number of rotatable bonds is 13. The predicted octanol–water partition coefficient (Wildman–Crippen LogP) is 7.28. The van der Waals surface area contributed by atoms with Gasteiger partial charge >= 0.3 is 6.18 Å². The van der Waals surface area contributed by atoms with Gasteiger partial charge in [0.15, 0.2) is 12.0 Å². The van der Waals surface area contributed by atoms with E-state index in [-0.39, 0.29) is 42.1 Å². The number of hydrogen-bond acceptors (Lipinski definition) is 9. The van der Waals surface area contributed by atoms with E-state index in [2.05, 4.69) is 15.5 Å². The number of tetrazole rings is 1. The van der Waals surface area contributed by atoms with E-state index >= 15 is 21.6 Å². The van der Waals surface area contributed by atoms with Crippen molar-refractivity contribution < 1.29 is 40.5 Å². The SMILES string of the molecule is COc1ccc(CN(Cc2ccc(OC)cc2)S(=O)(=O)c2c(C(F)(F)F)ccc(-c3cccc4c3ccc[n+]4[O-])c2-c2nnnn2Cc2ccc(OC)cc2)cc1. The molecule has 0 spiro atoms. The summed E-state index contributed by atoms with van der Waals surface area (Å²) in [6.07, 6.45) is -3.87. The van der Waals surface area contributed by atoms with E-state index in [0.717, 1.165) is 10.4 Å². The summed E-state index contributed by atoms with van der Waals surface area (Å²) < 4.78 is 95.8. The summed E-state index contributed by atoms with van der Waals surface area (Å²) in [5.74, 6) is 1.35. The Morgan fingerprint density at radius 2 is 1.28 bits per heavy atom. The average Bonchev–Trinajstić information content (AvgIpc) is 3.68. The Morgan fingerprint density at radius 1 is 0.719 bits per heavy atom. The number of benzene rings is 5. The summed E-state index contributed by atoms with van der Waals surface area (Å²) in [7, 11) is -0.651. The van der Waals surface area contributed by atoms with E-state index in [1.807, 2.05) is 0 Å². The van der Waals surface area contributed by atoms with Crippen molar-refractivity contribution in [1.82, 2.24) is 24.5 Å². The van der Waals surface area contributed by atoms with Crippen LogP contribution in [0.1, 0.15) is 22.3 Å². The van der Waals surface area contributed by atoms with Gasteiger partial charge in [0.2, 0.25) is 15.5 Å². The number of sulfonamides is 1. The maximum Gasteiger partial charge on any atom is 0.417 e. The second-order valence-corrected chi connectivity index (χ2v) is 14.8. The Morgan fingerprint density at radius 3 is 1.82 bits per heavy atom. The number of aromatic nitrogens is 5. The molecular formula is C41H35F3N6O6S. The molecule has 0 radical (unpaired) electrons. The number of fused-ring (bicyclic) bond motifs is 1. The fourth-order valence-electron chi connectivity index (χ4n) is 6.59. The zero-order valence-electron chi connectivity index (χ0n) is 30.8. The van der Waals surface area contributed by atoms with Crippen molar-refractivity contribution in [3.8, 4) is 39.8 Å². The average molecular weight is 797 g/mol. The molecule has 5 aromatic carbocycles. The van der Waals surface area contributed by atoms with Gasteiger partial charge in [-0.05, 0) is 86.8 Å². The first-order valence-corrected chi connectivity index (χ1v) is 18.9. The van der Waals surface area contributed by atoms with Crippen molar-refractivity contribution in [3.05, 3.63) is 149 Å². The van der Waals surface area contributed by atoms with Crippen LogP contribution >= 0.6 is 0 Å². The van der Waals surface area contributed by atoms with Gasteiger partial charge in [0.05, 0.1) is 38.8 Å². The minimum Gasteiger partial charge on any atom is -0.618 e. The molecule has 0 atom stereocenters. The van der Waals surface area contributed by atoms with Crippen LogP contribution < -0.4 is 18.9 Å². The van der Waals surface area contributed by atoms with Gasteiger partial charge in [0, 0.05) is 30.8 Å². The van der Waals surface area contributed by atoms with Crippen LogP contribution in [0.15, 0.2) is 126 Å². The molecule has 2 heterocycles. The fourth-order valence-corrected chi connectivity index (χ4v) is 8.41. The molecule has 0 unspecified atom stereocenters. The highest BCUT2D eigenvalue weighted by Gasteiger charge is 2.43. The smallest absolute Gasteiger partial charge is 0.417 e. The number of ether oxygens (including phenoxy) is 3. The van der Waals surface area contributed by atoms with E-state index in [0.29, 0.717) is 44.1 Å². The molecule has 12 nitrogen and oxygen atoms in total. The number of halogens is 3. The second kappa shape index (κ2) is 15.9. The molecule has 7 rings (SSSR count). The molecule has 0 bridgehead atoms. The van der Waals surface area contributed by atoms with Gasteiger partial charge in [-0.25, -0.2) is 13.1 Å². The molecule has 7 aromatic rings. The van der Waals surface area contributed by atoms with Gasteiger partial charge in [0.25, 0.3) is 0 Å². The summed E-state index contributed by atoms with van der Waals surface area (Å²) in [5, 5.41) is 25.4. The van der Waals surface area contributed by atoms with Crippen LogP contribution in [-0.4, -0.2) is 54.3 Å². The molecule has 0 N–H and O–H groups in total. The van der Waals surface area contributed by atoms with E-state index in [4.69, 9.17) is 14.2 Å². The first-order valence-electron chi connectivity index (χ1n) is 17.4. The summed E-state index contributed by atoms with van der Waals surface area (Å²) >= 11 is 0. The van der Waals surface area contributed by atoms with E-state index in [1.54, 1.807) is 97.1 Å². The highest BCUT2D eigenvalue weighted by Crippen LogP contribution is 2.46. The van der Waals surface area contributed by atoms with Gasteiger partial charge in [-0.3, -0.25) is 0 Å². The van der Waals surface area contributed by atoms with Crippen LogP contribution in [-0.2, 0) is 35.8 Å². The Bertz CT molecular complexity index is 2590. The molecule has 0 saturated heterocycles. The number of pyridine rings is 1. The van der Waals surface area contributed by atoms with Gasteiger partial charge in [-0.1, -0.05) is 54.6 Å². The molecule has 0 aliphatic rings. The lowest BCUT2D eigenvalue weighted by atomic mass is 9.93. The fraction of sp³-hybridized carbons (Fsp3) is 0.171. The Hall–Kier alpha value is -6.52. The predicted molar refractivity (Wildman–Crippen MR) is 205 cm³/mol. The first kappa shape index (κ1) is 38.7. The number of methoxy groups -OCH3 is 3. The third-order valence-corrected chi connectivity index (χ3v) is 11.3. The first-order chi connectivity index (χ1) is 27.4. The van der Waals surface area contributed by atoms with E-state index in [9.17, 15) is 5.21 Å². The molecule has 0 fully saturated rings. The summed E-state index contributed by atoms with van der Waals surface area (Å²) in [4.78, 5) is -1.05. The van der Waals surface area contributed by atoms with Crippen molar-refractivity contribution in [2.24, 2.45) is 0 Å². The quantitative estimate of drug-likeness (QED) is 0.0872. The van der Waals surface area contributed by atoms with Gasteiger partial charge in [-0.2, -0.15) is 22.2 Å². The normalized spacial score (nSPS) is 11.9. The highest BCUT2D eigenvalue weighted by molar-refractivity contribution is 7.89. The lowest BCUT2D eigenvalue weighted by Gasteiger charge is -2.27. The Labute approximate surface area is 325 Å². The summed E-state index contributed by atoms with van der Waals surface area (Å²) in [6.45, 7) is -0.680. The van der Waals surface area contributed by atoms with Crippen molar-refractivity contribution in [3.63, 3.8) is 0 Å². The molecule has 0 aliphatic heterocycles. The topological polar surface area (TPSA) is 136 Å². The monoisotopic (exact) mass is 796 g/mol. The van der Waals surface area contributed by atoms with Crippen LogP contribution in [0.3, 0.4) is 0 Å². The lowest BCUT2D eigenvalue weighted by molar-refractivity contribution is -0.577. The maximum absolute atomic E-state index is 15.4.